The fourth-order valence-electron chi connectivity index (χ4n) is 2.62. The van der Waals surface area contributed by atoms with Crippen molar-refractivity contribution in [1.82, 2.24) is 5.32 Å². The van der Waals surface area contributed by atoms with E-state index in [0.717, 1.165) is 45.1 Å². The smallest absolute Gasteiger partial charge is 0.119 e. The van der Waals surface area contributed by atoms with Gasteiger partial charge < -0.3 is 14.8 Å². The summed E-state index contributed by atoms with van der Waals surface area (Å²) in [5.41, 5.74) is 0.329. The molecule has 106 valence electrons. The first kappa shape index (κ1) is 14.4. The van der Waals surface area contributed by atoms with Crippen molar-refractivity contribution in [2.45, 2.75) is 26.2 Å². The minimum Gasteiger partial charge on any atom is -0.494 e. The molecule has 1 aromatic carbocycles. The molecule has 1 saturated heterocycles. The van der Waals surface area contributed by atoms with Gasteiger partial charge in [0.15, 0.2) is 0 Å². The molecule has 3 heteroatoms. The van der Waals surface area contributed by atoms with Crippen molar-refractivity contribution in [3.63, 3.8) is 0 Å². The first-order valence-corrected chi connectivity index (χ1v) is 7.31. The zero-order chi connectivity index (χ0) is 13.4. The summed E-state index contributed by atoms with van der Waals surface area (Å²) in [4.78, 5) is 0. The first-order valence-electron chi connectivity index (χ1n) is 7.31. The van der Waals surface area contributed by atoms with Crippen LogP contribution >= 0.6 is 0 Å². The second-order valence-electron chi connectivity index (χ2n) is 5.35. The van der Waals surface area contributed by atoms with Gasteiger partial charge in [-0.05, 0) is 37.9 Å². The highest BCUT2D eigenvalue weighted by Gasteiger charge is 2.33. The van der Waals surface area contributed by atoms with E-state index >= 15 is 0 Å². The maximum Gasteiger partial charge on any atom is 0.119 e. The molecule has 0 spiro atoms. The van der Waals surface area contributed by atoms with Crippen LogP contribution in [0.1, 0.15) is 26.2 Å². The summed E-state index contributed by atoms with van der Waals surface area (Å²) in [6, 6.07) is 10.0. The second kappa shape index (κ2) is 7.51. The Morgan fingerprint density at radius 1 is 1.32 bits per heavy atom. The van der Waals surface area contributed by atoms with Crippen molar-refractivity contribution in [2.75, 3.05) is 32.9 Å². The van der Waals surface area contributed by atoms with Crippen molar-refractivity contribution in [2.24, 2.45) is 5.41 Å². The van der Waals surface area contributed by atoms with Crippen molar-refractivity contribution in [3.8, 4) is 5.75 Å². The highest BCUT2D eigenvalue weighted by molar-refractivity contribution is 5.20. The number of hydrogen-bond donors (Lipinski definition) is 1. The van der Waals surface area contributed by atoms with E-state index in [4.69, 9.17) is 9.47 Å². The Hall–Kier alpha value is -1.06. The maximum absolute atomic E-state index is 5.75. The Morgan fingerprint density at radius 2 is 2.16 bits per heavy atom. The Morgan fingerprint density at radius 3 is 2.84 bits per heavy atom. The maximum atomic E-state index is 5.75. The van der Waals surface area contributed by atoms with Gasteiger partial charge in [-0.25, -0.2) is 0 Å². The third-order valence-corrected chi connectivity index (χ3v) is 3.80. The molecule has 0 radical (unpaired) electrons. The van der Waals surface area contributed by atoms with Crippen LogP contribution in [0.25, 0.3) is 0 Å². The largest absolute Gasteiger partial charge is 0.494 e. The average molecular weight is 263 g/mol. The van der Waals surface area contributed by atoms with Crippen LogP contribution in [0.4, 0.5) is 0 Å². The molecule has 0 bridgehead atoms. The monoisotopic (exact) mass is 263 g/mol. The zero-order valence-electron chi connectivity index (χ0n) is 11.9. The molecule has 1 N–H and O–H groups in total. The minimum atomic E-state index is 0.329. The van der Waals surface area contributed by atoms with Crippen LogP contribution < -0.4 is 10.1 Å². The highest BCUT2D eigenvalue weighted by atomic mass is 16.5. The molecular formula is C16H25NO2. The van der Waals surface area contributed by atoms with E-state index in [2.05, 4.69) is 12.2 Å². The summed E-state index contributed by atoms with van der Waals surface area (Å²) in [6.07, 6.45) is 3.43. The third-order valence-electron chi connectivity index (χ3n) is 3.80. The van der Waals surface area contributed by atoms with Gasteiger partial charge in [0.2, 0.25) is 0 Å². The summed E-state index contributed by atoms with van der Waals surface area (Å²) in [5.74, 6) is 0.964. The van der Waals surface area contributed by atoms with Crippen LogP contribution in [-0.4, -0.2) is 32.9 Å². The van der Waals surface area contributed by atoms with E-state index in [1.54, 1.807) is 0 Å². The van der Waals surface area contributed by atoms with Crippen LogP contribution in [0.3, 0.4) is 0 Å². The molecule has 1 atom stereocenters. The number of hydrogen-bond acceptors (Lipinski definition) is 3. The zero-order valence-corrected chi connectivity index (χ0v) is 11.9. The van der Waals surface area contributed by atoms with Gasteiger partial charge in [0.05, 0.1) is 13.2 Å². The molecule has 3 nitrogen and oxygen atoms in total. The van der Waals surface area contributed by atoms with Crippen molar-refractivity contribution in [3.05, 3.63) is 30.3 Å². The lowest BCUT2D eigenvalue weighted by atomic mass is 9.82. The molecule has 2 rings (SSSR count). The van der Waals surface area contributed by atoms with Gasteiger partial charge in [-0.2, -0.15) is 0 Å². The summed E-state index contributed by atoms with van der Waals surface area (Å²) in [6.45, 7) is 6.84. The van der Waals surface area contributed by atoms with Crippen LogP contribution in [-0.2, 0) is 4.74 Å². The Bertz CT molecular complexity index is 347. The summed E-state index contributed by atoms with van der Waals surface area (Å²) < 4.78 is 11.3. The predicted molar refractivity (Wildman–Crippen MR) is 77.6 cm³/mol. The van der Waals surface area contributed by atoms with Gasteiger partial charge >= 0.3 is 0 Å². The van der Waals surface area contributed by atoms with Gasteiger partial charge in [-0.3, -0.25) is 0 Å². The molecule has 1 heterocycles. The molecule has 1 fully saturated rings. The van der Waals surface area contributed by atoms with Crippen LogP contribution in [0, 0.1) is 5.41 Å². The van der Waals surface area contributed by atoms with Gasteiger partial charge in [-0.1, -0.05) is 25.1 Å². The minimum absolute atomic E-state index is 0.329. The molecule has 0 saturated carbocycles. The fourth-order valence-corrected chi connectivity index (χ4v) is 2.62. The first-order chi connectivity index (χ1) is 9.35. The lowest BCUT2D eigenvalue weighted by Gasteiger charge is -2.27. The number of ether oxygens (including phenoxy) is 2. The fraction of sp³-hybridized carbons (Fsp3) is 0.625. The van der Waals surface area contributed by atoms with E-state index in [1.165, 1.54) is 12.8 Å². The Kier molecular flexibility index (Phi) is 5.67. The molecule has 0 aromatic heterocycles. The topological polar surface area (TPSA) is 30.5 Å². The second-order valence-corrected chi connectivity index (χ2v) is 5.35. The molecule has 1 aliphatic heterocycles. The summed E-state index contributed by atoms with van der Waals surface area (Å²) in [7, 11) is 0. The van der Waals surface area contributed by atoms with Gasteiger partial charge in [0, 0.05) is 18.6 Å². The van der Waals surface area contributed by atoms with E-state index in [1.807, 2.05) is 30.3 Å². The lowest BCUT2D eigenvalue weighted by Crippen LogP contribution is -2.35. The van der Waals surface area contributed by atoms with Crippen molar-refractivity contribution >= 4 is 0 Å². The average Bonchev–Trinajstić information content (AvgIpc) is 2.92. The molecule has 1 aromatic rings. The van der Waals surface area contributed by atoms with E-state index in [0.29, 0.717) is 5.41 Å². The quantitative estimate of drug-likeness (QED) is 0.732. The van der Waals surface area contributed by atoms with Gasteiger partial charge in [-0.15, -0.1) is 0 Å². The highest BCUT2D eigenvalue weighted by Crippen LogP contribution is 2.33. The van der Waals surface area contributed by atoms with Crippen LogP contribution in [0.2, 0.25) is 0 Å². The van der Waals surface area contributed by atoms with Crippen molar-refractivity contribution < 1.29 is 9.47 Å². The van der Waals surface area contributed by atoms with Gasteiger partial charge in [0.1, 0.15) is 5.75 Å². The molecule has 1 aliphatic rings. The van der Waals surface area contributed by atoms with E-state index in [9.17, 15) is 0 Å². The molecule has 19 heavy (non-hydrogen) atoms. The van der Waals surface area contributed by atoms with Crippen LogP contribution in [0.5, 0.6) is 5.75 Å². The molecule has 1 unspecified atom stereocenters. The predicted octanol–water partition coefficient (Wildman–Crippen LogP) is 2.86. The van der Waals surface area contributed by atoms with Crippen molar-refractivity contribution in [1.29, 1.82) is 0 Å². The SMILES string of the molecule is CCNCC1(CCCOc2ccccc2)CCOC1. The Labute approximate surface area is 116 Å². The molecule has 0 amide bonds. The van der Waals surface area contributed by atoms with Crippen LogP contribution in [0.15, 0.2) is 30.3 Å². The normalized spacial score (nSPS) is 22.6. The number of benzene rings is 1. The molecule has 0 aliphatic carbocycles. The van der Waals surface area contributed by atoms with Gasteiger partial charge in [0.25, 0.3) is 0 Å². The summed E-state index contributed by atoms with van der Waals surface area (Å²) in [5, 5.41) is 3.47. The number of nitrogens with one attached hydrogen (secondary N) is 1. The Balaban J connectivity index is 1.70. The third kappa shape index (κ3) is 4.51. The molecular weight excluding hydrogens is 238 g/mol. The lowest BCUT2D eigenvalue weighted by molar-refractivity contribution is 0.138. The summed E-state index contributed by atoms with van der Waals surface area (Å²) >= 11 is 0. The van der Waals surface area contributed by atoms with E-state index < -0.39 is 0 Å². The standard InChI is InChI=1S/C16H25NO2/c1-2-17-13-16(10-12-18-14-16)9-6-11-19-15-7-4-3-5-8-15/h3-5,7-8,17H,2,6,9-14H2,1H3. The number of rotatable bonds is 8. The van der Waals surface area contributed by atoms with E-state index in [-0.39, 0.29) is 0 Å². The number of para-hydroxylation sites is 1.